The zero-order chi connectivity index (χ0) is 24.3. The number of ether oxygens (including phenoxy) is 4. The van der Waals surface area contributed by atoms with E-state index < -0.39 is 0 Å². The van der Waals surface area contributed by atoms with Crippen molar-refractivity contribution in [3.8, 4) is 0 Å². The molecule has 0 unspecified atom stereocenters. The normalized spacial score (nSPS) is 30.8. The first-order valence-electron chi connectivity index (χ1n) is 15.7. The van der Waals surface area contributed by atoms with Crippen LogP contribution in [0.5, 0.6) is 0 Å². The van der Waals surface area contributed by atoms with Gasteiger partial charge in [-0.1, -0.05) is 37.1 Å². The van der Waals surface area contributed by atoms with Gasteiger partial charge in [0.05, 0.1) is 26.4 Å². The van der Waals surface area contributed by atoms with E-state index in [1.54, 1.807) is 11.1 Å². The zero-order valence-electron chi connectivity index (χ0n) is 22.8. The van der Waals surface area contributed by atoms with Crippen molar-refractivity contribution < 1.29 is 18.9 Å². The molecular formula is C34H58O4. The van der Waals surface area contributed by atoms with Crippen LogP contribution in [0.15, 0.2) is 22.3 Å². The molecule has 5 saturated carbocycles. The molecule has 0 N–H and O–H groups in total. The van der Waals surface area contributed by atoms with Crippen LogP contribution in [-0.4, -0.2) is 38.0 Å². The van der Waals surface area contributed by atoms with Crippen LogP contribution in [0.1, 0.15) is 143 Å². The molecule has 0 atom stereocenters. The number of hydrogen-bond donors (Lipinski definition) is 0. The smallest absolute Gasteiger partial charge is 0.169 e. The highest BCUT2D eigenvalue weighted by atomic mass is 16.7. The first-order valence-corrected chi connectivity index (χ1v) is 15.7. The summed E-state index contributed by atoms with van der Waals surface area (Å²) in [6.45, 7) is 3.22. The summed E-state index contributed by atoms with van der Waals surface area (Å²) in [6, 6.07) is 0. The Balaban J connectivity index is 0.000000176. The average molecular weight is 531 g/mol. The Morgan fingerprint density at radius 2 is 0.737 bits per heavy atom. The van der Waals surface area contributed by atoms with Crippen molar-refractivity contribution in [3.05, 3.63) is 22.3 Å². The molecule has 7 rings (SSSR count). The van der Waals surface area contributed by atoms with Crippen molar-refractivity contribution in [2.24, 2.45) is 11.8 Å². The molecule has 2 saturated heterocycles. The fourth-order valence-electron chi connectivity index (χ4n) is 8.53. The van der Waals surface area contributed by atoms with Gasteiger partial charge in [0.25, 0.3) is 0 Å². The summed E-state index contributed by atoms with van der Waals surface area (Å²) in [4.78, 5) is 0. The highest BCUT2D eigenvalue weighted by molar-refractivity contribution is 5.20. The van der Waals surface area contributed by atoms with E-state index in [1.807, 2.05) is 11.1 Å². The molecule has 0 radical (unpaired) electrons. The zero-order valence-corrected chi connectivity index (χ0v) is 22.8. The fraction of sp³-hybridized carbons (Fsp3) is 0.882. The molecule has 4 heteroatoms. The molecule has 0 amide bonds. The van der Waals surface area contributed by atoms with Crippen molar-refractivity contribution in [2.75, 3.05) is 26.4 Å². The maximum atomic E-state index is 5.87. The molecule has 218 valence electrons. The molecule has 2 spiro atoms. The summed E-state index contributed by atoms with van der Waals surface area (Å²) >= 11 is 0. The Labute approximate surface area is 234 Å². The second kappa shape index (κ2) is 13.8. The third-order valence-electron chi connectivity index (χ3n) is 10.7. The number of allylic oxidation sites excluding steroid dienone is 4. The third kappa shape index (κ3) is 6.96. The molecule has 2 heterocycles. The summed E-state index contributed by atoms with van der Waals surface area (Å²) in [6.07, 6.45) is 26.6. The van der Waals surface area contributed by atoms with Crippen molar-refractivity contribution in [2.45, 2.75) is 155 Å². The van der Waals surface area contributed by atoms with Crippen LogP contribution in [0, 0.1) is 11.8 Å². The van der Waals surface area contributed by atoms with Gasteiger partial charge in [0.15, 0.2) is 11.6 Å². The van der Waals surface area contributed by atoms with E-state index in [-0.39, 0.29) is 26.4 Å². The Kier molecular flexibility index (Phi) is 11.0. The first-order chi connectivity index (χ1) is 17.7. The van der Waals surface area contributed by atoms with Gasteiger partial charge in [-0.3, -0.25) is 0 Å². The lowest BCUT2D eigenvalue weighted by atomic mass is 9.70. The minimum atomic E-state index is -0.178. The lowest BCUT2D eigenvalue weighted by molar-refractivity contribution is -0.185. The highest BCUT2D eigenvalue weighted by Gasteiger charge is 2.42. The third-order valence-corrected chi connectivity index (χ3v) is 10.7. The maximum absolute atomic E-state index is 5.87. The maximum Gasteiger partial charge on any atom is 0.169 e. The number of hydrogen-bond acceptors (Lipinski definition) is 4. The van der Waals surface area contributed by atoms with Crippen molar-refractivity contribution in [3.63, 3.8) is 0 Å². The van der Waals surface area contributed by atoms with Crippen LogP contribution in [-0.2, 0) is 18.9 Å². The summed E-state index contributed by atoms with van der Waals surface area (Å²) in [7, 11) is 0. The van der Waals surface area contributed by atoms with Gasteiger partial charge >= 0.3 is 0 Å². The van der Waals surface area contributed by atoms with Crippen LogP contribution in [0.4, 0.5) is 0 Å². The molecule has 2 aliphatic heterocycles. The van der Waals surface area contributed by atoms with E-state index in [1.165, 1.54) is 103 Å². The second-order valence-corrected chi connectivity index (χ2v) is 12.7. The molecule has 5 aliphatic carbocycles. The Hall–Kier alpha value is -0.680. The minimum Gasteiger partial charge on any atom is -0.348 e. The van der Waals surface area contributed by atoms with Gasteiger partial charge in [-0.05, 0) is 115 Å². The van der Waals surface area contributed by atoms with E-state index in [4.69, 9.17) is 18.9 Å². The van der Waals surface area contributed by atoms with Gasteiger partial charge in [0, 0.05) is 25.7 Å². The largest absolute Gasteiger partial charge is 0.348 e. The predicted molar refractivity (Wildman–Crippen MR) is 156 cm³/mol. The monoisotopic (exact) mass is 530 g/mol. The summed E-state index contributed by atoms with van der Waals surface area (Å²) in [5.41, 5.74) is 7.21. The van der Waals surface area contributed by atoms with Gasteiger partial charge < -0.3 is 18.9 Å². The van der Waals surface area contributed by atoms with Gasteiger partial charge in [-0.25, -0.2) is 0 Å². The van der Waals surface area contributed by atoms with E-state index in [2.05, 4.69) is 0 Å². The molecule has 4 nitrogen and oxygen atoms in total. The molecular weight excluding hydrogens is 472 g/mol. The molecule has 0 aromatic rings. The molecule has 7 aliphatic rings. The quantitative estimate of drug-likeness (QED) is 0.316. The van der Waals surface area contributed by atoms with Crippen LogP contribution in [0.3, 0.4) is 0 Å². The van der Waals surface area contributed by atoms with Crippen LogP contribution < -0.4 is 0 Å². The highest BCUT2D eigenvalue weighted by Crippen LogP contribution is 2.46. The second-order valence-electron chi connectivity index (χ2n) is 12.7. The lowest BCUT2D eigenvalue weighted by Crippen LogP contribution is -2.37. The molecule has 38 heavy (non-hydrogen) atoms. The molecule has 7 fully saturated rings. The van der Waals surface area contributed by atoms with Gasteiger partial charge in [0.2, 0.25) is 0 Å². The summed E-state index contributed by atoms with van der Waals surface area (Å²) < 4.78 is 23.2. The standard InChI is InChI=1S/C19H30O2.C13H20O2.2CH4/c1-2-4-15(3-1)16-5-7-17(8-6-16)18-9-11-19(12-10-18)20-13-14-21-19;1-2-4-11(3-1)12-5-7-13(8-6-12)14-9-10-15-13;;/h17-18H,1-14H2;1-10H2;2*1H4. The van der Waals surface area contributed by atoms with E-state index in [0.29, 0.717) is 0 Å². The van der Waals surface area contributed by atoms with Crippen molar-refractivity contribution >= 4 is 0 Å². The van der Waals surface area contributed by atoms with Crippen molar-refractivity contribution in [1.82, 2.24) is 0 Å². The topological polar surface area (TPSA) is 36.9 Å². The van der Waals surface area contributed by atoms with E-state index in [0.717, 1.165) is 63.9 Å². The van der Waals surface area contributed by atoms with Crippen LogP contribution in [0.25, 0.3) is 0 Å². The Bertz CT molecular complexity index is 766. The van der Waals surface area contributed by atoms with Crippen LogP contribution in [0.2, 0.25) is 0 Å². The number of rotatable bonds is 1. The van der Waals surface area contributed by atoms with Crippen molar-refractivity contribution in [1.29, 1.82) is 0 Å². The SMILES string of the molecule is C.C.C1CCC(=C2CCC(C3CCC4(CC3)OCCO4)CC2)C1.C1CCC(=C2CCC3(CC2)OCCO3)C1. The van der Waals surface area contributed by atoms with Gasteiger partial charge in [-0.15, -0.1) is 0 Å². The Morgan fingerprint density at radius 3 is 1.18 bits per heavy atom. The van der Waals surface area contributed by atoms with E-state index in [9.17, 15) is 0 Å². The predicted octanol–water partition coefficient (Wildman–Crippen LogP) is 9.43. The summed E-state index contributed by atoms with van der Waals surface area (Å²) in [5, 5.41) is 0. The summed E-state index contributed by atoms with van der Waals surface area (Å²) in [5.74, 6) is 1.58. The Morgan fingerprint density at radius 1 is 0.395 bits per heavy atom. The van der Waals surface area contributed by atoms with Gasteiger partial charge in [0.1, 0.15) is 0 Å². The molecule has 0 bridgehead atoms. The average Bonchev–Trinajstić information content (AvgIpc) is 3.75. The lowest BCUT2D eigenvalue weighted by Gasteiger charge is -2.40. The molecule has 0 aromatic carbocycles. The van der Waals surface area contributed by atoms with Gasteiger partial charge in [-0.2, -0.15) is 0 Å². The molecule has 0 aromatic heterocycles. The van der Waals surface area contributed by atoms with E-state index >= 15 is 0 Å². The first kappa shape index (κ1) is 30.3. The fourth-order valence-corrected chi connectivity index (χ4v) is 8.53. The van der Waals surface area contributed by atoms with Crippen LogP contribution >= 0.6 is 0 Å². The minimum absolute atomic E-state index is 0.